The molecular formula is C17H14F3N5O5. The number of fused-ring (bicyclic) bond motifs is 1. The fourth-order valence-electron chi connectivity index (χ4n) is 3.07. The number of nitrogens with zero attached hydrogens (tertiary/aromatic N) is 4. The van der Waals surface area contributed by atoms with Gasteiger partial charge in [-0.3, -0.25) is 9.88 Å². The van der Waals surface area contributed by atoms with E-state index in [4.69, 9.17) is 9.15 Å². The van der Waals surface area contributed by atoms with E-state index < -0.39 is 17.3 Å². The third kappa shape index (κ3) is 4.35. The maximum atomic E-state index is 12.4. The number of rotatable bonds is 6. The van der Waals surface area contributed by atoms with Crippen molar-refractivity contribution in [2.75, 3.05) is 6.61 Å². The van der Waals surface area contributed by atoms with Gasteiger partial charge in [0.05, 0.1) is 12.2 Å². The van der Waals surface area contributed by atoms with E-state index >= 15 is 0 Å². The van der Waals surface area contributed by atoms with Crippen LogP contribution in [0, 0.1) is 10.1 Å². The Morgan fingerprint density at radius 3 is 2.73 bits per heavy atom. The van der Waals surface area contributed by atoms with E-state index in [2.05, 4.69) is 20.0 Å². The SMILES string of the molecule is O=[N+]([O-])c1cn2c(n1)OC[C@@H](NC(c1ccc(OC(F)(F)F)cc1)c1ncco1)C2. The molecule has 3 aromatic rings. The predicted molar refractivity (Wildman–Crippen MR) is 92.8 cm³/mol. The standard InChI is InChI=1S/C17H14F3N5O5/c18-17(19,20)30-12-3-1-10(2-4-12)14(15-21-5-6-28-15)22-11-7-24-8-13(25(26)27)23-16(24)29-9-11/h1-6,8,11,14,22H,7,9H2/t11-,14?/m0/s1. The number of hydrogen-bond acceptors (Lipinski definition) is 8. The molecule has 0 amide bonds. The second-order valence-corrected chi connectivity index (χ2v) is 6.39. The molecule has 0 radical (unpaired) electrons. The van der Waals surface area contributed by atoms with Crippen LogP contribution in [-0.4, -0.2) is 38.5 Å². The highest BCUT2D eigenvalue weighted by atomic mass is 19.4. The number of benzene rings is 1. The smallest absolute Gasteiger partial charge is 0.447 e. The molecule has 3 heterocycles. The molecule has 1 N–H and O–H groups in total. The van der Waals surface area contributed by atoms with Crippen molar-refractivity contribution < 1.29 is 32.0 Å². The van der Waals surface area contributed by atoms with Crippen LogP contribution in [0.1, 0.15) is 17.5 Å². The number of hydrogen-bond donors (Lipinski definition) is 1. The molecular weight excluding hydrogens is 411 g/mol. The molecule has 30 heavy (non-hydrogen) atoms. The summed E-state index contributed by atoms with van der Waals surface area (Å²) in [4.78, 5) is 18.2. The minimum atomic E-state index is -4.79. The quantitative estimate of drug-likeness (QED) is 0.473. The lowest BCUT2D eigenvalue weighted by molar-refractivity contribution is -0.389. The minimum absolute atomic E-state index is 0.140. The van der Waals surface area contributed by atoms with Crippen LogP contribution in [0.25, 0.3) is 0 Å². The molecule has 0 fully saturated rings. The van der Waals surface area contributed by atoms with Crippen LogP contribution in [-0.2, 0) is 6.54 Å². The fraction of sp³-hybridized carbons (Fsp3) is 0.294. The van der Waals surface area contributed by atoms with Crippen molar-refractivity contribution in [3.05, 3.63) is 64.5 Å². The van der Waals surface area contributed by atoms with Crippen LogP contribution in [0.3, 0.4) is 0 Å². The molecule has 0 bridgehead atoms. The van der Waals surface area contributed by atoms with E-state index in [1.165, 1.54) is 47.5 Å². The largest absolute Gasteiger partial charge is 0.573 e. The van der Waals surface area contributed by atoms with Gasteiger partial charge in [0.25, 0.3) is 0 Å². The Morgan fingerprint density at radius 1 is 1.33 bits per heavy atom. The molecule has 0 aliphatic carbocycles. The van der Waals surface area contributed by atoms with Gasteiger partial charge in [-0.05, 0) is 22.6 Å². The summed E-state index contributed by atoms with van der Waals surface area (Å²) in [6.45, 7) is 0.489. The topological polar surface area (TPSA) is 117 Å². The maximum Gasteiger partial charge on any atom is 0.573 e. The van der Waals surface area contributed by atoms with Gasteiger partial charge >= 0.3 is 18.2 Å². The summed E-state index contributed by atoms with van der Waals surface area (Å²) in [5, 5.41) is 14.1. The van der Waals surface area contributed by atoms with Crippen molar-refractivity contribution in [3.8, 4) is 11.8 Å². The Hall–Kier alpha value is -3.61. The number of ether oxygens (including phenoxy) is 2. The van der Waals surface area contributed by atoms with Crippen LogP contribution >= 0.6 is 0 Å². The van der Waals surface area contributed by atoms with Crippen LogP contribution in [0.5, 0.6) is 11.8 Å². The zero-order chi connectivity index (χ0) is 21.3. The monoisotopic (exact) mass is 425 g/mol. The van der Waals surface area contributed by atoms with Crippen LogP contribution in [0.4, 0.5) is 19.0 Å². The van der Waals surface area contributed by atoms with Gasteiger partial charge in [-0.2, -0.15) is 0 Å². The van der Waals surface area contributed by atoms with Crippen molar-refractivity contribution in [1.29, 1.82) is 0 Å². The van der Waals surface area contributed by atoms with Gasteiger partial charge in [-0.25, -0.2) is 4.98 Å². The first kappa shape index (κ1) is 19.7. The number of oxazole rings is 1. The minimum Gasteiger partial charge on any atom is -0.447 e. The van der Waals surface area contributed by atoms with Crippen molar-refractivity contribution >= 4 is 5.82 Å². The van der Waals surface area contributed by atoms with Gasteiger partial charge in [-0.1, -0.05) is 12.1 Å². The lowest BCUT2D eigenvalue weighted by Crippen LogP contribution is -2.43. The number of halogens is 3. The second-order valence-electron chi connectivity index (χ2n) is 6.39. The third-order valence-electron chi connectivity index (χ3n) is 4.29. The second kappa shape index (κ2) is 7.67. The Balaban J connectivity index is 1.53. The summed E-state index contributed by atoms with van der Waals surface area (Å²) in [6, 6.07) is 4.52. The molecule has 1 aliphatic heterocycles. The summed E-state index contributed by atoms with van der Waals surface area (Å²) < 4.78 is 53.4. The molecule has 0 saturated heterocycles. The first-order valence-electron chi connectivity index (χ1n) is 8.64. The van der Waals surface area contributed by atoms with Crippen molar-refractivity contribution in [1.82, 2.24) is 19.9 Å². The van der Waals surface area contributed by atoms with E-state index in [1.807, 2.05) is 0 Å². The molecule has 1 aromatic carbocycles. The van der Waals surface area contributed by atoms with Gasteiger partial charge < -0.3 is 24.0 Å². The highest BCUT2D eigenvalue weighted by molar-refractivity contribution is 5.32. The molecule has 13 heteroatoms. The van der Waals surface area contributed by atoms with Crippen LogP contribution < -0.4 is 14.8 Å². The summed E-state index contributed by atoms with van der Waals surface area (Å²) in [5.74, 6) is -0.383. The first-order valence-corrected chi connectivity index (χ1v) is 8.64. The Kier molecular flexibility index (Phi) is 5.03. The van der Waals surface area contributed by atoms with Gasteiger partial charge in [0, 0.05) is 11.5 Å². The molecule has 1 unspecified atom stereocenters. The van der Waals surface area contributed by atoms with Crippen molar-refractivity contribution in [2.45, 2.75) is 25.0 Å². The molecule has 2 atom stereocenters. The van der Waals surface area contributed by atoms with Crippen LogP contribution in [0.15, 0.2) is 47.3 Å². The molecule has 2 aromatic heterocycles. The number of nitro groups is 1. The summed E-state index contributed by atoms with van der Waals surface area (Å²) >= 11 is 0. The van der Waals surface area contributed by atoms with E-state index in [1.54, 1.807) is 0 Å². The number of nitrogens with one attached hydrogen (secondary N) is 1. The number of aromatic nitrogens is 3. The molecule has 1 aliphatic rings. The summed E-state index contributed by atoms with van der Waals surface area (Å²) in [7, 11) is 0. The zero-order valence-corrected chi connectivity index (χ0v) is 15.1. The summed E-state index contributed by atoms with van der Waals surface area (Å²) in [5.41, 5.74) is 0.578. The summed E-state index contributed by atoms with van der Waals surface area (Å²) in [6.07, 6.45) is -0.696. The van der Waals surface area contributed by atoms with Gasteiger partial charge in [0.1, 0.15) is 30.9 Å². The molecule has 0 saturated carbocycles. The fourth-order valence-corrected chi connectivity index (χ4v) is 3.07. The van der Waals surface area contributed by atoms with Gasteiger partial charge in [-0.15, -0.1) is 13.2 Å². The lowest BCUT2D eigenvalue weighted by atomic mass is 10.1. The molecule has 10 nitrogen and oxygen atoms in total. The number of imidazole rings is 1. The maximum absolute atomic E-state index is 12.4. The average molecular weight is 425 g/mol. The van der Waals surface area contributed by atoms with E-state index in [-0.39, 0.29) is 30.2 Å². The molecule has 0 spiro atoms. The lowest BCUT2D eigenvalue weighted by Gasteiger charge is -2.27. The van der Waals surface area contributed by atoms with Crippen LogP contribution in [0.2, 0.25) is 0 Å². The highest BCUT2D eigenvalue weighted by Gasteiger charge is 2.32. The Labute approximate surface area is 166 Å². The van der Waals surface area contributed by atoms with Gasteiger partial charge in [0.2, 0.25) is 5.89 Å². The predicted octanol–water partition coefficient (Wildman–Crippen LogP) is 2.82. The molecule has 158 valence electrons. The van der Waals surface area contributed by atoms with E-state index in [0.29, 0.717) is 18.0 Å². The van der Waals surface area contributed by atoms with E-state index in [9.17, 15) is 23.3 Å². The molecule has 4 rings (SSSR count). The average Bonchev–Trinajstić information content (AvgIpc) is 3.35. The first-order chi connectivity index (χ1) is 14.3. The highest BCUT2D eigenvalue weighted by Crippen LogP contribution is 2.28. The Bertz CT molecular complexity index is 1020. The third-order valence-corrected chi connectivity index (χ3v) is 4.29. The Morgan fingerprint density at radius 2 is 2.10 bits per heavy atom. The van der Waals surface area contributed by atoms with Gasteiger partial charge in [0.15, 0.2) is 0 Å². The van der Waals surface area contributed by atoms with Crippen molar-refractivity contribution in [2.24, 2.45) is 0 Å². The zero-order valence-electron chi connectivity index (χ0n) is 15.1. The van der Waals surface area contributed by atoms with Crippen molar-refractivity contribution in [3.63, 3.8) is 0 Å². The van der Waals surface area contributed by atoms with E-state index in [0.717, 1.165) is 0 Å². The normalized spacial score (nSPS) is 17.1. The number of alkyl halides is 3.